The number of carboxylic acids is 1. The normalized spacial score (nSPS) is 15.0. The molecule has 0 aliphatic rings. The average Bonchev–Trinajstić information content (AvgIpc) is 2.47. The number of rotatable bonds is 7. The van der Waals surface area contributed by atoms with Crippen LogP contribution in [0.2, 0.25) is 0 Å². The summed E-state index contributed by atoms with van der Waals surface area (Å²) in [5.41, 5.74) is -0.537. The van der Waals surface area contributed by atoms with Gasteiger partial charge in [-0.1, -0.05) is 50.6 Å². The summed E-state index contributed by atoms with van der Waals surface area (Å²) in [5.74, 6) is -0.699. The minimum absolute atomic E-state index is 0.0285. The van der Waals surface area contributed by atoms with Crippen LogP contribution in [-0.4, -0.2) is 35.5 Å². The Morgan fingerprint density at radius 2 is 1.86 bits per heavy atom. The monoisotopic (exact) mass is 291 g/mol. The highest BCUT2D eigenvalue weighted by atomic mass is 16.4. The van der Waals surface area contributed by atoms with E-state index in [2.05, 4.69) is 13.8 Å². The van der Waals surface area contributed by atoms with Crippen molar-refractivity contribution in [2.24, 2.45) is 5.92 Å². The molecule has 0 saturated heterocycles. The van der Waals surface area contributed by atoms with Crippen molar-refractivity contribution in [3.05, 3.63) is 35.9 Å². The van der Waals surface area contributed by atoms with E-state index in [9.17, 15) is 14.7 Å². The summed E-state index contributed by atoms with van der Waals surface area (Å²) in [6, 6.07) is 8.95. The van der Waals surface area contributed by atoms with E-state index >= 15 is 0 Å². The molecule has 1 aromatic rings. The third-order valence-electron chi connectivity index (χ3n) is 4.10. The molecule has 0 bridgehead atoms. The molecule has 0 aliphatic heterocycles. The molecule has 1 aromatic carbocycles. The first-order valence-corrected chi connectivity index (χ1v) is 7.34. The zero-order valence-electron chi connectivity index (χ0n) is 13.3. The summed E-state index contributed by atoms with van der Waals surface area (Å²) < 4.78 is 0. The van der Waals surface area contributed by atoms with E-state index in [4.69, 9.17) is 0 Å². The van der Waals surface area contributed by atoms with Crippen LogP contribution in [0.5, 0.6) is 0 Å². The topological polar surface area (TPSA) is 57.6 Å². The summed E-state index contributed by atoms with van der Waals surface area (Å²) in [4.78, 5) is 25.7. The maximum Gasteiger partial charge on any atom is 0.314 e. The van der Waals surface area contributed by atoms with Gasteiger partial charge in [0.05, 0.1) is 5.41 Å². The molecule has 1 N–H and O–H groups in total. The van der Waals surface area contributed by atoms with Gasteiger partial charge in [-0.25, -0.2) is 0 Å². The van der Waals surface area contributed by atoms with Crippen LogP contribution in [0.4, 0.5) is 0 Å². The fourth-order valence-electron chi connectivity index (χ4n) is 2.24. The lowest BCUT2D eigenvalue weighted by Crippen LogP contribution is -2.40. The third kappa shape index (κ3) is 4.31. The van der Waals surface area contributed by atoms with E-state index in [1.54, 1.807) is 43.1 Å². The lowest BCUT2D eigenvalue weighted by atomic mass is 9.79. The van der Waals surface area contributed by atoms with Gasteiger partial charge in [-0.3, -0.25) is 9.59 Å². The molecule has 0 spiro atoms. The minimum atomic E-state index is -1.19. The summed E-state index contributed by atoms with van der Waals surface area (Å²) in [7, 11) is 1.74. The van der Waals surface area contributed by atoms with Crippen LogP contribution in [0.1, 0.15) is 39.2 Å². The second kappa shape index (κ2) is 7.25. The molecular weight excluding hydrogens is 266 g/mol. The number of amides is 1. The Morgan fingerprint density at radius 1 is 1.29 bits per heavy atom. The zero-order chi connectivity index (χ0) is 16.0. The number of hydrogen-bond acceptors (Lipinski definition) is 2. The molecule has 2 unspecified atom stereocenters. The molecule has 21 heavy (non-hydrogen) atoms. The molecule has 0 aromatic heterocycles. The van der Waals surface area contributed by atoms with Gasteiger partial charge < -0.3 is 10.0 Å². The fraction of sp³-hybridized carbons (Fsp3) is 0.529. The van der Waals surface area contributed by atoms with Crippen molar-refractivity contribution in [3.63, 3.8) is 0 Å². The Morgan fingerprint density at radius 3 is 2.33 bits per heavy atom. The van der Waals surface area contributed by atoms with Crippen LogP contribution in [-0.2, 0) is 15.0 Å². The second-order valence-corrected chi connectivity index (χ2v) is 5.97. The highest BCUT2D eigenvalue weighted by Crippen LogP contribution is 2.28. The van der Waals surface area contributed by atoms with Crippen molar-refractivity contribution < 1.29 is 14.7 Å². The number of carboxylic acid groups (broad SMARTS) is 1. The maximum atomic E-state index is 12.4. The Hall–Kier alpha value is -1.84. The minimum Gasteiger partial charge on any atom is -0.481 e. The molecule has 116 valence electrons. The van der Waals surface area contributed by atoms with Crippen LogP contribution < -0.4 is 0 Å². The van der Waals surface area contributed by atoms with Crippen LogP contribution in [0.15, 0.2) is 30.3 Å². The van der Waals surface area contributed by atoms with Crippen LogP contribution in [0.25, 0.3) is 0 Å². The summed E-state index contributed by atoms with van der Waals surface area (Å²) in [5, 5.41) is 9.57. The smallest absolute Gasteiger partial charge is 0.314 e. The lowest BCUT2D eigenvalue weighted by molar-refractivity contribution is -0.147. The van der Waals surface area contributed by atoms with E-state index in [1.807, 2.05) is 6.07 Å². The molecule has 4 heteroatoms. The second-order valence-electron chi connectivity index (χ2n) is 5.97. The van der Waals surface area contributed by atoms with Gasteiger partial charge in [0.25, 0.3) is 0 Å². The Bertz CT molecular complexity index is 486. The summed E-state index contributed by atoms with van der Waals surface area (Å²) in [6.07, 6.45) is 0.964. The molecule has 2 atom stereocenters. The number of carbonyl (C=O) groups excluding carboxylic acids is 1. The molecule has 0 radical (unpaired) electrons. The molecule has 4 nitrogen and oxygen atoms in total. The van der Waals surface area contributed by atoms with Crippen molar-refractivity contribution in [2.75, 3.05) is 13.6 Å². The van der Waals surface area contributed by atoms with Crippen molar-refractivity contribution >= 4 is 11.9 Å². The number of benzene rings is 1. The van der Waals surface area contributed by atoms with Gasteiger partial charge in [0.2, 0.25) is 5.91 Å². The van der Waals surface area contributed by atoms with E-state index in [0.717, 1.165) is 6.42 Å². The molecule has 1 rings (SSSR count). The highest BCUT2D eigenvalue weighted by Gasteiger charge is 2.38. The predicted octanol–water partition coefficient (Wildman–Crippen LogP) is 2.92. The van der Waals surface area contributed by atoms with E-state index in [0.29, 0.717) is 18.0 Å². The zero-order valence-corrected chi connectivity index (χ0v) is 13.3. The van der Waals surface area contributed by atoms with Crippen molar-refractivity contribution in [3.8, 4) is 0 Å². The van der Waals surface area contributed by atoms with Crippen LogP contribution >= 0.6 is 0 Å². The van der Waals surface area contributed by atoms with Crippen LogP contribution in [0, 0.1) is 5.92 Å². The Kier molecular flexibility index (Phi) is 5.94. The van der Waals surface area contributed by atoms with Gasteiger partial charge in [0.15, 0.2) is 0 Å². The largest absolute Gasteiger partial charge is 0.481 e. The van der Waals surface area contributed by atoms with Crippen molar-refractivity contribution in [2.45, 2.75) is 39.0 Å². The average molecular weight is 291 g/mol. The van der Waals surface area contributed by atoms with E-state index < -0.39 is 11.4 Å². The first-order chi connectivity index (χ1) is 9.81. The van der Waals surface area contributed by atoms with Crippen molar-refractivity contribution in [1.29, 1.82) is 0 Å². The first kappa shape index (κ1) is 17.2. The van der Waals surface area contributed by atoms with Crippen molar-refractivity contribution in [1.82, 2.24) is 4.90 Å². The first-order valence-electron chi connectivity index (χ1n) is 7.34. The predicted molar refractivity (Wildman–Crippen MR) is 83.1 cm³/mol. The number of nitrogens with zero attached hydrogens (tertiary/aromatic N) is 1. The summed E-state index contributed by atoms with van der Waals surface area (Å²) in [6.45, 7) is 6.42. The molecule has 0 fully saturated rings. The molecule has 0 saturated carbocycles. The fourth-order valence-corrected chi connectivity index (χ4v) is 2.24. The Balaban J connectivity index is 2.89. The lowest BCUT2D eigenvalue weighted by Gasteiger charge is -2.28. The van der Waals surface area contributed by atoms with Gasteiger partial charge in [0, 0.05) is 20.0 Å². The maximum absolute atomic E-state index is 12.4. The number of aliphatic carboxylic acids is 1. The molecular formula is C17H25NO3. The van der Waals surface area contributed by atoms with Gasteiger partial charge in [-0.15, -0.1) is 0 Å². The molecule has 1 amide bonds. The van der Waals surface area contributed by atoms with E-state index in [-0.39, 0.29) is 12.3 Å². The number of hydrogen-bond donors (Lipinski definition) is 1. The summed E-state index contributed by atoms with van der Waals surface area (Å²) >= 11 is 0. The van der Waals surface area contributed by atoms with Gasteiger partial charge in [-0.2, -0.15) is 0 Å². The molecule has 0 aliphatic carbocycles. The van der Waals surface area contributed by atoms with Gasteiger partial charge >= 0.3 is 5.97 Å². The number of carbonyl (C=O) groups is 2. The SMILES string of the molecule is CCC(C)CN(C)C(=O)CC(C)(C(=O)O)c1ccccc1. The molecule has 0 heterocycles. The van der Waals surface area contributed by atoms with Crippen LogP contribution in [0.3, 0.4) is 0 Å². The highest BCUT2D eigenvalue weighted by molar-refractivity contribution is 5.89. The third-order valence-corrected chi connectivity index (χ3v) is 4.10. The Labute approximate surface area is 126 Å². The van der Waals surface area contributed by atoms with E-state index in [1.165, 1.54) is 0 Å². The van der Waals surface area contributed by atoms with Gasteiger partial charge in [0.1, 0.15) is 0 Å². The van der Waals surface area contributed by atoms with Gasteiger partial charge in [-0.05, 0) is 18.4 Å². The quantitative estimate of drug-likeness (QED) is 0.840. The standard InChI is InChI=1S/C17H25NO3/c1-5-13(2)12-18(4)15(19)11-17(3,16(20)21)14-9-7-6-8-10-14/h6-10,13H,5,11-12H2,1-4H3,(H,20,21).